The SMILES string of the molecule is CC1CC2CCC1CC2.Nc1cc(-c2ccc3c(=O)c4ccccc4oc3c2)nc(-c2c[nH]c3c(F)cc(F)cc23)n1. The van der Waals surface area contributed by atoms with Crippen LogP contribution in [0.25, 0.3) is 55.5 Å². The Morgan fingerprint density at radius 3 is 2.43 bits per heavy atom. The highest BCUT2D eigenvalue weighted by atomic mass is 19.1. The van der Waals surface area contributed by atoms with E-state index in [0.717, 1.165) is 23.8 Å². The number of nitrogen functional groups attached to an aromatic ring is 1. The van der Waals surface area contributed by atoms with Gasteiger partial charge in [0.1, 0.15) is 28.6 Å². The molecule has 6 aromatic rings. The number of rotatable bonds is 2. The Hall–Kier alpha value is -4.59. The molecule has 8 heteroatoms. The Labute approximate surface area is 240 Å². The van der Waals surface area contributed by atoms with Gasteiger partial charge in [-0.2, -0.15) is 0 Å². The number of aromatic nitrogens is 3. The lowest BCUT2D eigenvalue weighted by Gasteiger charge is -2.40. The monoisotopic (exact) mass is 564 g/mol. The molecule has 3 heterocycles. The van der Waals surface area contributed by atoms with Gasteiger partial charge in [-0.15, -0.1) is 0 Å². The number of halogens is 2. The second-order valence-electron chi connectivity index (χ2n) is 11.6. The van der Waals surface area contributed by atoms with Gasteiger partial charge in [-0.3, -0.25) is 4.79 Å². The van der Waals surface area contributed by atoms with Gasteiger partial charge < -0.3 is 15.1 Å². The molecule has 3 N–H and O–H groups in total. The molecule has 0 spiro atoms. The molecule has 0 aliphatic heterocycles. The number of aromatic amines is 1. The Morgan fingerprint density at radius 1 is 0.905 bits per heavy atom. The molecule has 3 saturated carbocycles. The van der Waals surface area contributed by atoms with Gasteiger partial charge in [-0.05, 0) is 67.3 Å². The van der Waals surface area contributed by atoms with Gasteiger partial charge in [0, 0.05) is 34.8 Å². The molecule has 9 rings (SSSR count). The zero-order chi connectivity index (χ0) is 29.0. The smallest absolute Gasteiger partial charge is 0.200 e. The highest BCUT2D eigenvalue weighted by molar-refractivity contribution is 5.95. The average Bonchev–Trinajstić information content (AvgIpc) is 3.42. The van der Waals surface area contributed by atoms with E-state index >= 15 is 0 Å². The van der Waals surface area contributed by atoms with Crippen LogP contribution in [-0.4, -0.2) is 15.0 Å². The predicted octanol–water partition coefficient (Wildman–Crippen LogP) is 8.24. The Bertz CT molecular complexity index is 2020. The zero-order valence-corrected chi connectivity index (χ0v) is 23.2. The predicted molar refractivity (Wildman–Crippen MR) is 162 cm³/mol. The molecule has 3 aliphatic rings. The van der Waals surface area contributed by atoms with Crippen LogP contribution in [0, 0.1) is 29.4 Å². The van der Waals surface area contributed by atoms with Crippen molar-refractivity contribution in [2.24, 2.45) is 17.8 Å². The van der Waals surface area contributed by atoms with Crippen LogP contribution in [0.5, 0.6) is 0 Å². The van der Waals surface area contributed by atoms with Crippen LogP contribution in [0.3, 0.4) is 0 Å². The van der Waals surface area contributed by atoms with Gasteiger partial charge in [0.25, 0.3) is 0 Å². The Kier molecular flexibility index (Phi) is 6.49. The first-order valence-electron chi connectivity index (χ1n) is 14.4. The van der Waals surface area contributed by atoms with Crippen molar-refractivity contribution < 1.29 is 13.2 Å². The van der Waals surface area contributed by atoms with Gasteiger partial charge >= 0.3 is 0 Å². The fourth-order valence-electron chi connectivity index (χ4n) is 6.75. The molecule has 42 heavy (non-hydrogen) atoms. The summed E-state index contributed by atoms with van der Waals surface area (Å²) in [7, 11) is 0. The summed E-state index contributed by atoms with van der Waals surface area (Å²) in [6, 6.07) is 15.8. The van der Waals surface area contributed by atoms with E-state index in [1.54, 1.807) is 80.6 Å². The number of benzene rings is 3. The van der Waals surface area contributed by atoms with E-state index in [1.807, 2.05) is 0 Å². The fourth-order valence-corrected chi connectivity index (χ4v) is 6.75. The standard InChI is InChI=1S/C25H14F2N4O2.C9H16/c26-13-8-16-17(11-29-23(16)18(27)9-13)25-30-19(10-22(28)31-25)12-5-6-15-21(7-12)33-20-4-2-1-3-14(20)24(15)32;1-7-6-8-2-4-9(7)5-3-8/h1-11,29H,(H2,28,30,31);7-9H,2-6H2,1H3. The lowest BCUT2D eigenvalue weighted by molar-refractivity contribution is 0.111. The summed E-state index contributed by atoms with van der Waals surface area (Å²) in [5, 5.41) is 1.26. The maximum Gasteiger partial charge on any atom is 0.200 e. The van der Waals surface area contributed by atoms with Gasteiger partial charge in [0.15, 0.2) is 5.82 Å². The third-order valence-corrected chi connectivity index (χ3v) is 8.97. The minimum absolute atomic E-state index is 0.121. The molecule has 2 bridgehead atoms. The Balaban J connectivity index is 0.000000272. The maximum absolute atomic E-state index is 14.1. The molecular weight excluding hydrogens is 534 g/mol. The van der Waals surface area contributed by atoms with E-state index in [4.69, 9.17) is 10.2 Å². The summed E-state index contributed by atoms with van der Waals surface area (Å²) < 4.78 is 33.9. The van der Waals surface area contributed by atoms with Gasteiger partial charge in [-0.1, -0.05) is 38.0 Å². The van der Waals surface area contributed by atoms with Crippen LogP contribution < -0.4 is 11.2 Å². The summed E-state index contributed by atoms with van der Waals surface area (Å²) in [6.45, 7) is 2.44. The van der Waals surface area contributed by atoms with Crippen LogP contribution in [-0.2, 0) is 0 Å². The molecule has 0 saturated heterocycles. The van der Waals surface area contributed by atoms with E-state index in [-0.39, 0.29) is 22.6 Å². The summed E-state index contributed by atoms with van der Waals surface area (Å²) in [5.41, 5.74) is 8.49. The topological polar surface area (TPSA) is 97.8 Å². The number of nitrogens with two attached hydrogens (primary N) is 1. The largest absolute Gasteiger partial charge is 0.456 e. The normalized spacial score (nSPS) is 19.7. The fraction of sp³-hybridized carbons (Fsp3) is 0.265. The quantitative estimate of drug-likeness (QED) is 0.206. The van der Waals surface area contributed by atoms with Crippen molar-refractivity contribution in [3.63, 3.8) is 0 Å². The third kappa shape index (κ3) is 4.70. The molecule has 6 nitrogen and oxygen atoms in total. The number of nitrogens with zero attached hydrogens (tertiary/aromatic N) is 2. The number of H-pyrrole nitrogens is 1. The van der Waals surface area contributed by atoms with Gasteiger partial charge in [0.2, 0.25) is 5.43 Å². The number of hydrogen-bond donors (Lipinski definition) is 2. The summed E-state index contributed by atoms with van der Waals surface area (Å²) in [4.78, 5) is 24.4. The summed E-state index contributed by atoms with van der Waals surface area (Å²) in [6.07, 6.45) is 9.25. The van der Waals surface area contributed by atoms with Gasteiger partial charge in [-0.25, -0.2) is 18.7 Å². The molecular formula is C34H30F2N4O2. The van der Waals surface area contributed by atoms with Crippen LogP contribution in [0.15, 0.2) is 76.1 Å². The average molecular weight is 565 g/mol. The van der Waals surface area contributed by atoms with E-state index in [1.165, 1.54) is 12.3 Å². The first-order chi connectivity index (χ1) is 20.3. The van der Waals surface area contributed by atoms with E-state index in [2.05, 4.69) is 21.9 Å². The van der Waals surface area contributed by atoms with Crippen molar-refractivity contribution in [3.05, 3.63) is 88.7 Å². The number of anilines is 1. The molecule has 212 valence electrons. The zero-order valence-electron chi connectivity index (χ0n) is 23.2. The van der Waals surface area contributed by atoms with Crippen molar-refractivity contribution >= 4 is 38.7 Å². The molecule has 3 aromatic heterocycles. The van der Waals surface area contributed by atoms with Crippen molar-refractivity contribution in [2.45, 2.75) is 39.0 Å². The molecule has 3 aliphatic carbocycles. The number of fused-ring (bicyclic) bond motifs is 6. The summed E-state index contributed by atoms with van der Waals surface area (Å²) in [5.74, 6) is 2.29. The van der Waals surface area contributed by atoms with E-state index in [9.17, 15) is 13.6 Å². The molecule has 1 atom stereocenters. The Morgan fingerprint density at radius 2 is 1.69 bits per heavy atom. The molecule has 3 fully saturated rings. The highest BCUT2D eigenvalue weighted by Gasteiger charge is 2.32. The minimum atomic E-state index is -0.711. The van der Waals surface area contributed by atoms with Crippen molar-refractivity contribution in [1.29, 1.82) is 0 Å². The molecule has 0 radical (unpaired) electrons. The second kappa shape index (κ2) is 10.4. The third-order valence-electron chi connectivity index (χ3n) is 8.97. The summed E-state index contributed by atoms with van der Waals surface area (Å²) >= 11 is 0. The van der Waals surface area contributed by atoms with Crippen LogP contribution in [0.2, 0.25) is 0 Å². The number of nitrogens with one attached hydrogen (secondary N) is 1. The van der Waals surface area contributed by atoms with Crippen molar-refractivity contribution in [2.75, 3.05) is 5.73 Å². The number of hydrogen-bond acceptors (Lipinski definition) is 5. The van der Waals surface area contributed by atoms with Crippen LogP contribution >= 0.6 is 0 Å². The van der Waals surface area contributed by atoms with Gasteiger partial charge in [0.05, 0.1) is 22.0 Å². The lowest BCUT2D eigenvalue weighted by atomic mass is 9.65. The first kappa shape index (κ1) is 26.3. The molecule has 3 aromatic carbocycles. The van der Waals surface area contributed by atoms with Crippen LogP contribution in [0.4, 0.5) is 14.6 Å². The molecule has 1 unspecified atom stereocenters. The van der Waals surface area contributed by atoms with Crippen LogP contribution in [0.1, 0.15) is 39.0 Å². The molecule has 0 amide bonds. The first-order valence-corrected chi connectivity index (χ1v) is 14.4. The maximum atomic E-state index is 14.1. The highest BCUT2D eigenvalue weighted by Crippen LogP contribution is 2.44. The van der Waals surface area contributed by atoms with E-state index < -0.39 is 11.6 Å². The second-order valence-corrected chi connectivity index (χ2v) is 11.6. The van der Waals surface area contributed by atoms with E-state index in [0.29, 0.717) is 44.1 Å². The number of para-hydroxylation sites is 1. The van der Waals surface area contributed by atoms with Crippen molar-refractivity contribution in [1.82, 2.24) is 15.0 Å². The lowest BCUT2D eigenvalue weighted by Crippen LogP contribution is -2.29. The minimum Gasteiger partial charge on any atom is -0.456 e. The van der Waals surface area contributed by atoms with Crippen molar-refractivity contribution in [3.8, 4) is 22.6 Å².